The van der Waals surface area contributed by atoms with E-state index < -0.39 is 0 Å². The Morgan fingerprint density at radius 1 is 1.31 bits per heavy atom. The molecule has 0 aliphatic heterocycles. The summed E-state index contributed by atoms with van der Waals surface area (Å²) in [6, 6.07) is 0.445. The van der Waals surface area contributed by atoms with Crippen LogP contribution in [0.2, 0.25) is 0 Å². The molecule has 0 amide bonds. The molecule has 0 aromatic rings. The molecule has 94 valence electrons. The van der Waals surface area contributed by atoms with Gasteiger partial charge in [0.15, 0.2) is 5.96 Å². The number of hydrogen-bond acceptors (Lipinski definition) is 1. The summed E-state index contributed by atoms with van der Waals surface area (Å²) < 4.78 is 0. The molecule has 0 atom stereocenters. The summed E-state index contributed by atoms with van der Waals surface area (Å²) in [6.45, 7) is 5.31. The van der Waals surface area contributed by atoms with E-state index in [4.69, 9.17) is 0 Å². The minimum atomic E-state index is 0.445. The van der Waals surface area contributed by atoms with Crippen LogP contribution in [0.1, 0.15) is 52.4 Å². The standard InChI is InChI=1S/C13H27N3/c1-11(2)16-13(14-3)15-10-6-9-12-7-4-5-8-12/h11-12H,4-10H2,1-3H3,(H2,14,15,16). The van der Waals surface area contributed by atoms with E-state index in [1.807, 2.05) is 7.05 Å². The van der Waals surface area contributed by atoms with Crippen LogP contribution in [0.15, 0.2) is 4.99 Å². The van der Waals surface area contributed by atoms with Crippen LogP contribution in [-0.2, 0) is 0 Å². The Morgan fingerprint density at radius 2 is 2.00 bits per heavy atom. The second-order valence-electron chi connectivity index (χ2n) is 5.09. The minimum absolute atomic E-state index is 0.445. The van der Waals surface area contributed by atoms with Crippen molar-refractivity contribution in [1.29, 1.82) is 0 Å². The van der Waals surface area contributed by atoms with Gasteiger partial charge in [-0.25, -0.2) is 0 Å². The molecule has 0 spiro atoms. The summed E-state index contributed by atoms with van der Waals surface area (Å²) in [5, 5.41) is 6.66. The summed E-state index contributed by atoms with van der Waals surface area (Å²) in [7, 11) is 1.83. The Hall–Kier alpha value is -0.730. The molecule has 1 rings (SSSR count). The molecular weight excluding hydrogens is 198 g/mol. The quantitative estimate of drug-likeness (QED) is 0.428. The highest BCUT2D eigenvalue weighted by molar-refractivity contribution is 5.79. The van der Waals surface area contributed by atoms with Crippen molar-refractivity contribution in [3.05, 3.63) is 0 Å². The molecular formula is C13H27N3. The Morgan fingerprint density at radius 3 is 2.56 bits per heavy atom. The van der Waals surface area contributed by atoms with Crippen LogP contribution < -0.4 is 10.6 Å². The predicted molar refractivity (Wildman–Crippen MR) is 70.8 cm³/mol. The summed E-state index contributed by atoms with van der Waals surface area (Å²) in [4.78, 5) is 4.19. The molecule has 1 aliphatic rings. The highest BCUT2D eigenvalue weighted by Gasteiger charge is 2.13. The molecule has 1 aliphatic carbocycles. The first-order chi connectivity index (χ1) is 7.72. The molecule has 3 heteroatoms. The summed E-state index contributed by atoms with van der Waals surface area (Å²) >= 11 is 0. The van der Waals surface area contributed by atoms with Gasteiger partial charge in [0, 0.05) is 19.6 Å². The van der Waals surface area contributed by atoms with E-state index in [1.54, 1.807) is 0 Å². The van der Waals surface area contributed by atoms with E-state index in [0.717, 1.165) is 18.4 Å². The fourth-order valence-electron chi connectivity index (χ4n) is 2.36. The lowest BCUT2D eigenvalue weighted by atomic mass is 10.0. The minimum Gasteiger partial charge on any atom is -0.356 e. The van der Waals surface area contributed by atoms with Crippen molar-refractivity contribution in [2.75, 3.05) is 13.6 Å². The molecule has 0 unspecified atom stereocenters. The smallest absolute Gasteiger partial charge is 0.191 e. The normalized spacial score (nSPS) is 18.1. The van der Waals surface area contributed by atoms with Crippen LogP contribution >= 0.6 is 0 Å². The van der Waals surface area contributed by atoms with Gasteiger partial charge in [0.2, 0.25) is 0 Å². The molecule has 3 nitrogen and oxygen atoms in total. The number of nitrogens with one attached hydrogen (secondary N) is 2. The average molecular weight is 225 g/mol. The van der Waals surface area contributed by atoms with Crippen molar-refractivity contribution in [2.45, 2.75) is 58.4 Å². The van der Waals surface area contributed by atoms with E-state index in [-0.39, 0.29) is 0 Å². The molecule has 16 heavy (non-hydrogen) atoms. The molecule has 0 aromatic carbocycles. The van der Waals surface area contributed by atoms with Crippen molar-refractivity contribution in [3.8, 4) is 0 Å². The van der Waals surface area contributed by atoms with Crippen molar-refractivity contribution in [1.82, 2.24) is 10.6 Å². The number of nitrogens with zero attached hydrogens (tertiary/aromatic N) is 1. The molecule has 2 N–H and O–H groups in total. The average Bonchev–Trinajstić information content (AvgIpc) is 2.74. The summed E-state index contributed by atoms with van der Waals surface area (Å²) in [5.41, 5.74) is 0. The molecule has 0 aromatic heterocycles. The number of guanidine groups is 1. The van der Waals surface area contributed by atoms with Gasteiger partial charge in [0.25, 0.3) is 0 Å². The van der Waals surface area contributed by atoms with E-state index in [0.29, 0.717) is 6.04 Å². The van der Waals surface area contributed by atoms with Crippen molar-refractivity contribution >= 4 is 5.96 Å². The Bertz CT molecular complexity index is 205. The van der Waals surface area contributed by atoms with Gasteiger partial charge in [-0.2, -0.15) is 0 Å². The second kappa shape index (κ2) is 7.53. The maximum absolute atomic E-state index is 4.19. The number of hydrogen-bond donors (Lipinski definition) is 2. The molecule has 1 fully saturated rings. The van der Waals surface area contributed by atoms with Crippen molar-refractivity contribution in [3.63, 3.8) is 0 Å². The van der Waals surface area contributed by atoms with Crippen LogP contribution in [0.4, 0.5) is 0 Å². The third kappa shape index (κ3) is 5.38. The van der Waals surface area contributed by atoms with Gasteiger partial charge in [0.1, 0.15) is 0 Å². The van der Waals surface area contributed by atoms with E-state index >= 15 is 0 Å². The number of aliphatic imine (C=N–C) groups is 1. The van der Waals surface area contributed by atoms with Crippen LogP contribution in [0, 0.1) is 5.92 Å². The van der Waals surface area contributed by atoms with Gasteiger partial charge in [-0.15, -0.1) is 0 Å². The van der Waals surface area contributed by atoms with Gasteiger partial charge in [-0.05, 0) is 32.6 Å². The maximum atomic E-state index is 4.19. The SMILES string of the molecule is CN=C(NCCCC1CCCC1)NC(C)C. The summed E-state index contributed by atoms with van der Waals surface area (Å²) in [6.07, 6.45) is 8.47. The fourth-order valence-corrected chi connectivity index (χ4v) is 2.36. The zero-order valence-corrected chi connectivity index (χ0v) is 11.1. The monoisotopic (exact) mass is 225 g/mol. The lowest BCUT2D eigenvalue weighted by Gasteiger charge is -2.15. The van der Waals surface area contributed by atoms with Gasteiger partial charge >= 0.3 is 0 Å². The van der Waals surface area contributed by atoms with Crippen molar-refractivity contribution in [2.24, 2.45) is 10.9 Å². The Balaban J connectivity index is 2.04. The highest BCUT2D eigenvalue weighted by atomic mass is 15.2. The first-order valence-electron chi connectivity index (χ1n) is 6.69. The Kier molecular flexibility index (Phi) is 6.27. The zero-order valence-electron chi connectivity index (χ0n) is 11.1. The largest absolute Gasteiger partial charge is 0.356 e. The molecule has 0 saturated heterocycles. The molecule has 0 radical (unpaired) electrons. The highest BCUT2D eigenvalue weighted by Crippen LogP contribution is 2.28. The lowest BCUT2D eigenvalue weighted by molar-refractivity contribution is 0.481. The van der Waals surface area contributed by atoms with Crippen LogP contribution in [0.25, 0.3) is 0 Å². The van der Waals surface area contributed by atoms with E-state index in [2.05, 4.69) is 29.5 Å². The molecule has 0 bridgehead atoms. The predicted octanol–water partition coefficient (Wildman–Crippen LogP) is 2.53. The summed E-state index contributed by atoms with van der Waals surface area (Å²) in [5.74, 6) is 1.93. The van der Waals surface area contributed by atoms with Gasteiger partial charge in [0.05, 0.1) is 0 Å². The Labute approximate surface area is 100 Å². The van der Waals surface area contributed by atoms with Crippen molar-refractivity contribution < 1.29 is 0 Å². The number of rotatable bonds is 5. The molecule has 0 heterocycles. The lowest BCUT2D eigenvalue weighted by Crippen LogP contribution is -2.41. The maximum Gasteiger partial charge on any atom is 0.191 e. The second-order valence-corrected chi connectivity index (χ2v) is 5.09. The first kappa shape index (κ1) is 13.3. The van der Waals surface area contributed by atoms with Crippen LogP contribution in [0.3, 0.4) is 0 Å². The van der Waals surface area contributed by atoms with E-state index in [9.17, 15) is 0 Å². The van der Waals surface area contributed by atoms with Gasteiger partial charge in [-0.3, -0.25) is 4.99 Å². The van der Waals surface area contributed by atoms with Crippen LogP contribution in [-0.4, -0.2) is 25.6 Å². The van der Waals surface area contributed by atoms with Gasteiger partial charge in [-0.1, -0.05) is 25.7 Å². The van der Waals surface area contributed by atoms with Crippen LogP contribution in [0.5, 0.6) is 0 Å². The van der Waals surface area contributed by atoms with Gasteiger partial charge < -0.3 is 10.6 Å². The zero-order chi connectivity index (χ0) is 11.8. The fraction of sp³-hybridized carbons (Fsp3) is 0.923. The third-order valence-corrected chi connectivity index (χ3v) is 3.21. The third-order valence-electron chi connectivity index (χ3n) is 3.21. The first-order valence-corrected chi connectivity index (χ1v) is 6.69. The molecule has 1 saturated carbocycles. The topological polar surface area (TPSA) is 36.4 Å². The van der Waals surface area contributed by atoms with E-state index in [1.165, 1.54) is 38.5 Å².